The van der Waals surface area contributed by atoms with E-state index >= 15 is 0 Å². The van der Waals surface area contributed by atoms with Crippen molar-refractivity contribution in [3.05, 3.63) is 33.4 Å². The highest BCUT2D eigenvalue weighted by Gasteiger charge is 2.51. The number of ether oxygens (including phenoxy) is 3. The molecule has 2 aliphatic heterocycles. The van der Waals surface area contributed by atoms with Gasteiger partial charge in [0.05, 0.1) is 26.6 Å². The first-order valence-electron chi connectivity index (χ1n) is 14.8. The number of anilines is 2. The highest BCUT2D eigenvalue weighted by molar-refractivity contribution is 7.66. The molecule has 53 heavy (non-hydrogen) atoms. The normalized spacial score (nSPS) is 29.7. The van der Waals surface area contributed by atoms with Crippen molar-refractivity contribution >= 4 is 57.7 Å². The molecule has 0 bridgehead atoms. The average molecular weight is 817 g/mol. The van der Waals surface area contributed by atoms with E-state index in [1.54, 1.807) is 0 Å². The molecule has 31 heteroatoms. The van der Waals surface area contributed by atoms with Gasteiger partial charge in [0.1, 0.15) is 36.6 Å². The lowest BCUT2D eigenvalue weighted by atomic mass is 10.1. The number of nitrogen functional groups attached to an aromatic ring is 2. The van der Waals surface area contributed by atoms with E-state index in [1.807, 2.05) is 0 Å². The van der Waals surface area contributed by atoms with Crippen LogP contribution >= 0.6 is 23.5 Å². The number of aliphatic hydroxyl groups is 3. The molecule has 2 fully saturated rings. The monoisotopic (exact) mass is 817 g/mol. The molecular formula is C22H32N10O18P3+. The summed E-state index contributed by atoms with van der Waals surface area (Å²) in [5.74, 6) is -0.549. The van der Waals surface area contributed by atoms with Crippen molar-refractivity contribution < 1.29 is 80.1 Å². The number of aliphatic hydroxyl groups excluding tert-OH is 3. The van der Waals surface area contributed by atoms with Crippen LogP contribution in [0.15, 0.2) is 22.2 Å². The van der Waals surface area contributed by atoms with Crippen LogP contribution in [0.3, 0.4) is 0 Å². The van der Waals surface area contributed by atoms with Crippen LogP contribution in [-0.2, 0) is 52.6 Å². The van der Waals surface area contributed by atoms with E-state index in [2.05, 4.69) is 38.1 Å². The number of fused-ring (bicyclic) bond motifs is 2. The first kappa shape index (κ1) is 39.2. The van der Waals surface area contributed by atoms with Crippen LogP contribution in [0.5, 0.6) is 0 Å². The predicted octanol–water partition coefficient (Wildman–Crippen LogP) is -3.89. The Morgan fingerprint density at radius 2 is 1.49 bits per heavy atom. The van der Waals surface area contributed by atoms with Crippen molar-refractivity contribution in [3.8, 4) is 0 Å². The number of nitrogens with two attached hydrogens (primary N) is 2. The largest absolute Gasteiger partial charge is 0.490 e. The quantitative estimate of drug-likeness (QED) is 0.0455. The topological polar surface area (TPSA) is 407 Å². The number of phosphoric acid groups is 3. The summed E-state index contributed by atoms with van der Waals surface area (Å²) in [5, 5.41) is 31.9. The van der Waals surface area contributed by atoms with Gasteiger partial charge in [-0.15, -0.1) is 0 Å². The summed E-state index contributed by atoms with van der Waals surface area (Å²) in [4.78, 5) is 71.0. The molecule has 4 aromatic heterocycles. The summed E-state index contributed by atoms with van der Waals surface area (Å²) in [7, 11) is -14.6. The molecule has 4 aromatic rings. The molecular weight excluding hydrogens is 785 g/mol. The summed E-state index contributed by atoms with van der Waals surface area (Å²) in [6, 6.07) is 0. The van der Waals surface area contributed by atoms with E-state index in [0.29, 0.717) is 0 Å². The van der Waals surface area contributed by atoms with Crippen molar-refractivity contribution in [2.24, 2.45) is 7.05 Å². The fraction of sp³-hybridized carbons (Fsp3) is 0.545. The highest BCUT2D eigenvalue weighted by Crippen LogP contribution is 2.67. The zero-order valence-corrected chi connectivity index (χ0v) is 29.6. The Kier molecular flexibility index (Phi) is 10.6. The first-order valence-corrected chi connectivity index (χ1v) is 19.3. The number of imidazole rings is 2. The molecule has 6 rings (SSSR count). The molecule has 11 atom stereocenters. The van der Waals surface area contributed by atoms with Crippen molar-refractivity contribution in [2.45, 2.75) is 49.1 Å². The Bertz CT molecular complexity index is 2300. The van der Waals surface area contributed by atoms with E-state index in [-0.39, 0.29) is 34.2 Å². The summed E-state index contributed by atoms with van der Waals surface area (Å²) in [6.45, 7) is -2.03. The summed E-state index contributed by atoms with van der Waals surface area (Å²) in [6.07, 6.45) is -9.74. The SMILES string of the molecule is CO[C@H]1[C@H](O)[C@H]([n+]2cn(C)c3c(=O)[nH]c(N)nc32)O[C@@H]1COP(=O)(O)OP(=O)(O)OP(=O)(O)OC[C@H]1O[C@@H](n2cnc3c(=O)[nH]c(N)nc32)[C@H](O)[C@@H]1O. The molecule has 0 radical (unpaired) electrons. The van der Waals surface area contributed by atoms with Crippen LogP contribution in [-0.4, -0.2) is 121 Å². The molecule has 292 valence electrons. The molecule has 3 unspecified atom stereocenters. The van der Waals surface area contributed by atoms with Gasteiger partial charge < -0.3 is 55.7 Å². The molecule has 6 heterocycles. The van der Waals surface area contributed by atoms with Crippen LogP contribution in [0.25, 0.3) is 22.3 Å². The number of rotatable bonds is 13. The van der Waals surface area contributed by atoms with Crippen LogP contribution in [0.4, 0.5) is 11.9 Å². The molecule has 2 saturated heterocycles. The number of nitrogens with one attached hydrogen (secondary N) is 2. The van der Waals surface area contributed by atoms with Gasteiger partial charge in [-0.25, -0.2) is 23.2 Å². The Morgan fingerprint density at radius 3 is 2.13 bits per heavy atom. The van der Waals surface area contributed by atoms with Gasteiger partial charge in [-0.3, -0.25) is 37.7 Å². The predicted molar refractivity (Wildman–Crippen MR) is 169 cm³/mol. The Balaban J connectivity index is 1.06. The van der Waals surface area contributed by atoms with Crippen molar-refractivity contribution in [3.63, 3.8) is 0 Å². The number of H-pyrrole nitrogens is 2. The lowest BCUT2D eigenvalue weighted by molar-refractivity contribution is -0.745. The van der Waals surface area contributed by atoms with Gasteiger partial charge in [0.2, 0.25) is 17.7 Å². The summed E-state index contributed by atoms with van der Waals surface area (Å²) in [5.41, 5.74) is 9.60. The van der Waals surface area contributed by atoms with Crippen molar-refractivity contribution in [1.82, 2.24) is 34.1 Å². The number of hydrogen-bond donors (Lipinski definition) is 10. The van der Waals surface area contributed by atoms with Crippen molar-refractivity contribution in [2.75, 3.05) is 31.8 Å². The fourth-order valence-electron chi connectivity index (χ4n) is 5.71. The lowest BCUT2D eigenvalue weighted by Gasteiger charge is -2.21. The van der Waals surface area contributed by atoms with Gasteiger partial charge in [0.25, 0.3) is 17.1 Å². The third-order valence-corrected chi connectivity index (χ3v) is 12.2. The van der Waals surface area contributed by atoms with Gasteiger partial charge >= 0.3 is 29.1 Å². The van der Waals surface area contributed by atoms with E-state index in [4.69, 9.17) is 30.2 Å². The highest BCUT2D eigenvalue weighted by atomic mass is 31.3. The first-order chi connectivity index (χ1) is 24.7. The minimum Gasteiger partial charge on any atom is -0.387 e. The number of aromatic nitrogens is 8. The van der Waals surface area contributed by atoms with Crippen LogP contribution < -0.4 is 27.2 Å². The molecule has 0 aromatic carbocycles. The van der Waals surface area contributed by atoms with Crippen LogP contribution in [0.2, 0.25) is 0 Å². The zero-order chi connectivity index (χ0) is 38.8. The second-order valence-corrected chi connectivity index (χ2v) is 16.1. The summed E-state index contributed by atoms with van der Waals surface area (Å²) >= 11 is 0. The van der Waals surface area contributed by atoms with Crippen LogP contribution in [0.1, 0.15) is 12.5 Å². The van der Waals surface area contributed by atoms with E-state index < -0.39 is 96.9 Å². The molecule has 12 N–H and O–H groups in total. The van der Waals surface area contributed by atoms with E-state index in [9.17, 15) is 53.3 Å². The third-order valence-electron chi connectivity index (χ3n) is 7.92. The standard InChI is InChI=1S/C22H31N10O18P3/c1-30-6-32(16-10(30)18(37)29-22(24)27-16)20-13(35)14(44-2)8(48-20)4-46-52(40,41)50-53(42,43)49-51(38,39)45-3-7-11(33)12(34)19(47-7)31-5-25-9-15(31)26-21(23)28-17(9)36/h5-8,11-14,19-20,33-35H,3-4H2,1-2H3,(H8-,23,24,26,27,28,29,36,37,38,39,40,41,42,43)/p+1/t7-,8-,11-,12-,13+,14-,19-,20-/m1/s1. The average Bonchev–Trinajstić information content (AvgIpc) is 3.76. The number of hydrogen-bond acceptors (Lipinski definition) is 20. The van der Waals surface area contributed by atoms with E-state index in [1.165, 1.54) is 22.5 Å². The summed E-state index contributed by atoms with van der Waals surface area (Å²) < 4.78 is 75.3. The van der Waals surface area contributed by atoms with Gasteiger partial charge in [-0.05, 0) is 0 Å². The second kappa shape index (κ2) is 14.3. The maximum atomic E-state index is 12.6. The fourth-order valence-corrected chi connectivity index (χ4v) is 9.24. The van der Waals surface area contributed by atoms with Gasteiger partial charge in [-0.1, -0.05) is 4.98 Å². The van der Waals surface area contributed by atoms with Gasteiger partial charge in [0.15, 0.2) is 23.7 Å². The molecule has 2 aliphatic rings. The number of nitrogens with zero attached hydrogens (tertiary/aromatic N) is 6. The molecule has 0 amide bonds. The van der Waals surface area contributed by atoms with E-state index in [0.717, 1.165) is 18.0 Å². The number of aryl methyl sites for hydroxylation is 1. The second-order valence-electron chi connectivity index (χ2n) is 11.5. The minimum atomic E-state index is -5.98. The number of methoxy groups -OCH3 is 1. The Labute approximate surface area is 293 Å². The maximum absolute atomic E-state index is 12.6. The van der Waals surface area contributed by atoms with Gasteiger partial charge in [0, 0.05) is 7.11 Å². The van der Waals surface area contributed by atoms with Gasteiger partial charge in [-0.2, -0.15) is 13.6 Å². The van der Waals surface area contributed by atoms with Crippen LogP contribution in [0, 0.1) is 0 Å². The Hall–Kier alpha value is -3.53. The smallest absolute Gasteiger partial charge is 0.387 e. The zero-order valence-electron chi connectivity index (χ0n) is 26.9. The maximum Gasteiger partial charge on any atom is 0.490 e. The molecule has 0 aliphatic carbocycles. The molecule has 28 nitrogen and oxygen atoms in total. The number of aromatic amines is 2. The number of phosphoric ester groups is 2. The lowest BCUT2D eigenvalue weighted by Crippen LogP contribution is -2.46. The van der Waals surface area contributed by atoms with Crippen molar-refractivity contribution in [1.29, 1.82) is 0 Å². The molecule has 0 spiro atoms. The minimum absolute atomic E-state index is 0.00284. The molecule has 0 saturated carbocycles. The third kappa shape index (κ3) is 7.85. The Morgan fingerprint density at radius 1 is 0.887 bits per heavy atom.